The number of halogens is 1. The monoisotopic (exact) mass is 221 g/mol. The quantitative estimate of drug-likeness (QED) is 0.527. The van der Waals surface area contributed by atoms with Crippen LogP contribution < -0.4 is 11.1 Å². The van der Waals surface area contributed by atoms with Gasteiger partial charge in [0.25, 0.3) is 0 Å². The van der Waals surface area contributed by atoms with Crippen LogP contribution in [0.15, 0.2) is 0 Å². The predicted octanol–water partition coefficient (Wildman–Crippen LogP) is -0.784. The Morgan fingerprint density at radius 2 is 2.18 bits per heavy atom. The maximum atomic E-state index is 10.9. The molecule has 0 spiro atoms. The van der Waals surface area contributed by atoms with Gasteiger partial charge in [-0.15, -0.1) is 0 Å². The molecule has 1 rings (SSSR count). The van der Waals surface area contributed by atoms with Gasteiger partial charge in [-0.05, 0) is 0 Å². The minimum atomic E-state index is -0.587. The molecule has 62 valence electrons. The first-order valence-corrected chi connectivity index (χ1v) is 3.93. The molecule has 0 aromatic carbocycles. The van der Waals surface area contributed by atoms with Crippen molar-refractivity contribution in [3.8, 4) is 0 Å². The van der Waals surface area contributed by atoms with E-state index in [-0.39, 0.29) is 5.91 Å². The summed E-state index contributed by atoms with van der Waals surface area (Å²) < 4.78 is 0. The third-order valence-electron chi connectivity index (χ3n) is 1.55. The summed E-state index contributed by atoms with van der Waals surface area (Å²) in [5.41, 5.74) is 5.50. The molecular formula is C5H8BrN3O2. The first kappa shape index (κ1) is 8.48. The van der Waals surface area contributed by atoms with Crippen molar-refractivity contribution in [2.45, 2.75) is 11.0 Å². The lowest BCUT2D eigenvalue weighted by Gasteiger charge is -2.32. The lowest BCUT2D eigenvalue weighted by Crippen LogP contribution is -2.62. The van der Waals surface area contributed by atoms with Gasteiger partial charge in [0.1, 0.15) is 11.0 Å². The summed E-state index contributed by atoms with van der Waals surface area (Å²) in [5.74, 6) is -0.388. The zero-order valence-electron chi connectivity index (χ0n) is 5.87. The molecule has 1 saturated heterocycles. The standard InChI is InChI=1S/C5H8BrN3O2/c1-9-3(7)2(6)4(10)8-5(9)11/h2-3H,7H2,1H3,(H,8,10,11). The Labute approximate surface area is 72.0 Å². The number of alkyl halides is 1. The van der Waals surface area contributed by atoms with Crippen LogP contribution in [0.3, 0.4) is 0 Å². The average Bonchev–Trinajstić information content (AvgIpc) is 1.97. The van der Waals surface area contributed by atoms with Crippen LogP contribution in [0.1, 0.15) is 0 Å². The highest BCUT2D eigenvalue weighted by atomic mass is 79.9. The van der Waals surface area contributed by atoms with Crippen LogP contribution in [0.25, 0.3) is 0 Å². The molecule has 0 aromatic heterocycles. The molecule has 3 N–H and O–H groups in total. The van der Waals surface area contributed by atoms with E-state index in [1.54, 1.807) is 0 Å². The van der Waals surface area contributed by atoms with Crippen LogP contribution in [0.2, 0.25) is 0 Å². The van der Waals surface area contributed by atoms with Gasteiger partial charge < -0.3 is 10.6 Å². The summed E-state index contributed by atoms with van der Waals surface area (Å²) in [4.78, 5) is 22.5. The Morgan fingerprint density at radius 3 is 2.73 bits per heavy atom. The SMILES string of the molecule is CN1C(=O)NC(=O)C(Br)C1N. The van der Waals surface area contributed by atoms with Crippen LogP contribution in [0.4, 0.5) is 4.79 Å². The zero-order valence-corrected chi connectivity index (χ0v) is 7.46. The van der Waals surface area contributed by atoms with Gasteiger partial charge in [0.2, 0.25) is 5.91 Å². The van der Waals surface area contributed by atoms with Gasteiger partial charge in [-0.2, -0.15) is 0 Å². The van der Waals surface area contributed by atoms with Gasteiger partial charge in [-0.1, -0.05) is 15.9 Å². The fraction of sp³-hybridized carbons (Fsp3) is 0.600. The second kappa shape index (κ2) is 2.78. The summed E-state index contributed by atoms with van der Waals surface area (Å²) in [5, 5.41) is 2.13. The van der Waals surface area contributed by atoms with E-state index in [1.807, 2.05) is 0 Å². The number of hydrogen-bond donors (Lipinski definition) is 2. The molecule has 0 radical (unpaired) electrons. The van der Waals surface area contributed by atoms with Crippen molar-refractivity contribution < 1.29 is 9.59 Å². The second-order valence-corrected chi connectivity index (χ2v) is 3.28. The summed E-state index contributed by atoms with van der Waals surface area (Å²) in [7, 11) is 1.53. The number of carbonyl (C=O) groups excluding carboxylic acids is 2. The molecule has 1 aliphatic rings. The van der Waals surface area contributed by atoms with E-state index in [1.165, 1.54) is 11.9 Å². The lowest BCUT2D eigenvalue weighted by molar-refractivity contribution is -0.121. The molecule has 1 heterocycles. The smallest absolute Gasteiger partial charge is 0.311 e. The summed E-state index contributed by atoms with van der Waals surface area (Å²) in [6.07, 6.45) is -0.587. The fourth-order valence-corrected chi connectivity index (χ4v) is 1.22. The number of imide groups is 1. The maximum Gasteiger partial charge on any atom is 0.325 e. The Hall–Kier alpha value is -0.620. The van der Waals surface area contributed by atoms with Crippen LogP contribution in [-0.4, -0.2) is 34.9 Å². The number of nitrogens with two attached hydrogens (primary N) is 1. The van der Waals surface area contributed by atoms with Crippen molar-refractivity contribution in [2.24, 2.45) is 5.73 Å². The molecule has 0 aliphatic carbocycles. The molecule has 1 fully saturated rings. The van der Waals surface area contributed by atoms with Crippen molar-refractivity contribution in [3.05, 3.63) is 0 Å². The van der Waals surface area contributed by atoms with E-state index in [0.717, 1.165) is 0 Å². The Morgan fingerprint density at radius 1 is 1.64 bits per heavy atom. The molecule has 6 heteroatoms. The van der Waals surface area contributed by atoms with Gasteiger partial charge in [0.05, 0.1) is 0 Å². The average molecular weight is 222 g/mol. The van der Waals surface area contributed by atoms with E-state index >= 15 is 0 Å². The van der Waals surface area contributed by atoms with Gasteiger partial charge >= 0.3 is 6.03 Å². The topological polar surface area (TPSA) is 75.4 Å². The Balaban J connectivity index is 2.78. The highest BCUT2D eigenvalue weighted by Gasteiger charge is 2.35. The van der Waals surface area contributed by atoms with Crippen molar-refractivity contribution in [1.82, 2.24) is 10.2 Å². The van der Waals surface area contributed by atoms with Crippen molar-refractivity contribution in [1.29, 1.82) is 0 Å². The number of urea groups is 1. The molecular weight excluding hydrogens is 214 g/mol. The molecule has 3 amide bonds. The maximum absolute atomic E-state index is 10.9. The highest BCUT2D eigenvalue weighted by Crippen LogP contribution is 2.11. The number of rotatable bonds is 0. The van der Waals surface area contributed by atoms with Crippen molar-refractivity contribution in [3.63, 3.8) is 0 Å². The van der Waals surface area contributed by atoms with E-state index in [2.05, 4.69) is 21.2 Å². The van der Waals surface area contributed by atoms with Gasteiger partial charge in [0, 0.05) is 7.05 Å². The number of amides is 3. The first-order chi connectivity index (χ1) is 5.04. The Bertz CT molecular complexity index is 188. The minimum Gasteiger partial charge on any atom is -0.311 e. The molecule has 0 saturated carbocycles. The second-order valence-electron chi connectivity index (χ2n) is 2.30. The molecule has 11 heavy (non-hydrogen) atoms. The third kappa shape index (κ3) is 1.36. The number of nitrogens with zero attached hydrogens (tertiary/aromatic N) is 1. The zero-order chi connectivity index (χ0) is 8.59. The van der Waals surface area contributed by atoms with Gasteiger partial charge in [-0.25, -0.2) is 4.79 Å². The largest absolute Gasteiger partial charge is 0.325 e. The number of nitrogens with one attached hydrogen (secondary N) is 1. The van der Waals surface area contributed by atoms with Crippen LogP contribution in [0.5, 0.6) is 0 Å². The van der Waals surface area contributed by atoms with Crippen LogP contribution in [-0.2, 0) is 4.79 Å². The van der Waals surface area contributed by atoms with Crippen LogP contribution in [0, 0.1) is 0 Å². The molecule has 0 aromatic rings. The van der Waals surface area contributed by atoms with Crippen molar-refractivity contribution in [2.75, 3.05) is 7.05 Å². The molecule has 1 aliphatic heterocycles. The van der Waals surface area contributed by atoms with E-state index < -0.39 is 17.0 Å². The fourth-order valence-electron chi connectivity index (χ4n) is 0.749. The van der Waals surface area contributed by atoms with E-state index in [9.17, 15) is 9.59 Å². The Kier molecular flexibility index (Phi) is 2.15. The van der Waals surface area contributed by atoms with Gasteiger partial charge in [-0.3, -0.25) is 10.1 Å². The third-order valence-corrected chi connectivity index (χ3v) is 2.51. The summed E-state index contributed by atoms with van der Waals surface area (Å²) in [6, 6.07) is -0.460. The predicted molar refractivity (Wildman–Crippen MR) is 42.0 cm³/mol. The summed E-state index contributed by atoms with van der Waals surface area (Å²) in [6.45, 7) is 0. The first-order valence-electron chi connectivity index (χ1n) is 3.01. The highest BCUT2D eigenvalue weighted by molar-refractivity contribution is 9.10. The molecule has 5 nitrogen and oxygen atoms in total. The lowest BCUT2D eigenvalue weighted by atomic mass is 10.2. The van der Waals surface area contributed by atoms with E-state index in [4.69, 9.17) is 5.73 Å². The number of hydrogen-bond acceptors (Lipinski definition) is 3. The normalized spacial score (nSPS) is 32.1. The van der Waals surface area contributed by atoms with Crippen molar-refractivity contribution >= 4 is 27.9 Å². The molecule has 0 bridgehead atoms. The molecule has 2 atom stereocenters. The molecule has 2 unspecified atom stereocenters. The minimum absolute atomic E-state index is 0.388. The number of carbonyl (C=O) groups is 2. The summed E-state index contributed by atoms with van der Waals surface area (Å²) >= 11 is 3.06. The van der Waals surface area contributed by atoms with E-state index in [0.29, 0.717) is 0 Å². The van der Waals surface area contributed by atoms with Crippen LogP contribution >= 0.6 is 15.9 Å². The van der Waals surface area contributed by atoms with Gasteiger partial charge in [0.15, 0.2) is 0 Å².